The zero-order valence-electron chi connectivity index (χ0n) is 13.1. The van der Waals surface area contributed by atoms with Gasteiger partial charge in [-0.3, -0.25) is 10.8 Å². The Balaban J connectivity index is 1.84. The Morgan fingerprint density at radius 1 is 1.16 bits per heavy atom. The van der Waals surface area contributed by atoms with E-state index in [2.05, 4.69) is 20.8 Å². The Morgan fingerprint density at radius 2 is 1.88 bits per heavy atom. The average Bonchev–Trinajstić information content (AvgIpc) is 3.13. The van der Waals surface area contributed by atoms with Crippen LogP contribution in [0.5, 0.6) is 0 Å². The van der Waals surface area contributed by atoms with E-state index >= 15 is 0 Å². The molecule has 0 aliphatic rings. The molecule has 8 heteroatoms. The number of amidine groups is 1. The van der Waals surface area contributed by atoms with Gasteiger partial charge in [0.05, 0.1) is 23.3 Å². The molecule has 0 saturated heterocycles. The highest BCUT2D eigenvalue weighted by Gasteiger charge is 2.08. The minimum atomic E-state index is -0.387. The van der Waals surface area contributed by atoms with Crippen LogP contribution in [0.15, 0.2) is 65.9 Å². The van der Waals surface area contributed by atoms with Gasteiger partial charge in [0.2, 0.25) is 5.71 Å². The molecule has 2 aromatic carbocycles. The molecule has 1 aromatic heterocycles. The molecule has 0 bridgehead atoms. The maximum atomic E-state index is 8.82. The zero-order valence-corrected chi connectivity index (χ0v) is 13.1. The molecule has 0 radical (unpaired) electrons. The van der Waals surface area contributed by atoms with Crippen LogP contribution in [0, 0.1) is 16.7 Å². The third-order valence-corrected chi connectivity index (χ3v) is 3.39. The van der Waals surface area contributed by atoms with Crippen LogP contribution >= 0.6 is 0 Å². The molecule has 3 aromatic rings. The van der Waals surface area contributed by atoms with E-state index in [1.807, 2.05) is 42.5 Å². The van der Waals surface area contributed by atoms with Crippen molar-refractivity contribution < 1.29 is 0 Å². The number of benzene rings is 2. The summed E-state index contributed by atoms with van der Waals surface area (Å²) in [6.45, 7) is 0. The van der Waals surface area contributed by atoms with Crippen LogP contribution in [-0.4, -0.2) is 26.5 Å². The summed E-state index contributed by atoms with van der Waals surface area (Å²) in [5.74, 6) is -0.387. The lowest BCUT2D eigenvalue weighted by Gasteiger charge is -2.07. The number of rotatable bonds is 5. The fraction of sp³-hybridized carbons (Fsp3) is 0. The number of hydrogen-bond donors (Lipinski definition) is 3. The smallest absolute Gasteiger partial charge is 0.201 e. The summed E-state index contributed by atoms with van der Waals surface area (Å²) in [6.07, 6.45) is 1.71. The molecule has 4 N–H and O–H groups in total. The molecule has 0 unspecified atom stereocenters. The van der Waals surface area contributed by atoms with Crippen molar-refractivity contribution in [3.63, 3.8) is 0 Å². The Labute approximate surface area is 143 Å². The summed E-state index contributed by atoms with van der Waals surface area (Å²) in [5, 5.41) is 28.0. The van der Waals surface area contributed by atoms with Crippen LogP contribution in [0.4, 0.5) is 5.69 Å². The second-order valence-corrected chi connectivity index (χ2v) is 5.04. The van der Waals surface area contributed by atoms with E-state index in [1.165, 1.54) is 0 Å². The summed E-state index contributed by atoms with van der Waals surface area (Å²) >= 11 is 0. The summed E-state index contributed by atoms with van der Waals surface area (Å²) in [7, 11) is 0. The highest BCUT2D eigenvalue weighted by Crippen LogP contribution is 2.22. The summed E-state index contributed by atoms with van der Waals surface area (Å²) in [4.78, 5) is 0. The number of nitrogens with zero attached hydrogens (tertiary/aromatic N) is 5. The maximum absolute atomic E-state index is 8.82. The van der Waals surface area contributed by atoms with Crippen molar-refractivity contribution in [3.05, 3.63) is 60.8 Å². The molecule has 1 heterocycles. The number of nitrogens with two attached hydrogens (primary N) is 1. The highest BCUT2D eigenvalue weighted by molar-refractivity contribution is 6.45. The fourth-order valence-corrected chi connectivity index (χ4v) is 2.17. The first-order valence-electron chi connectivity index (χ1n) is 7.34. The number of nitriles is 1. The summed E-state index contributed by atoms with van der Waals surface area (Å²) in [5.41, 5.74) is 11.1. The molecule has 0 fully saturated rings. The van der Waals surface area contributed by atoms with Gasteiger partial charge < -0.3 is 5.73 Å². The normalized spacial score (nSPS) is 10.9. The number of hydrazone groups is 1. The van der Waals surface area contributed by atoms with Crippen molar-refractivity contribution in [2.45, 2.75) is 0 Å². The molecule has 0 atom stereocenters. The van der Waals surface area contributed by atoms with Gasteiger partial charge in [-0.2, -0.15) is 10.4 Å². The zero-order chi connectivity index (χ0) is 17.6. The third kappa shape index (κ3) is 3.51. The van der Waals surface area contributed by atoms with Crippen LogP contribution < -0.4 is 11.2 Å². The number of hydrogen-bond acceptors (Lipinski definition) is 6. The first-order valence-corrected chi connectivity index (χ1v) is 7.34. The summed E-state index contributed by atoms with van der Waals surface area (Å²) < 4.78 is 1.73. The van der Waals surface area contributed by atoms with Crippen LogP contribution in [0.3, 0.4) is 0 Å². The Bertz CT molecular complexity index is 948. The van der Waals surface area contributed by atoms with Crippen molar-refractivity contribution in [2.75, 3.05) is 5.43 Å². The molecular formula is C17H14N8. The van der Waals surface area contributed by atoms with E-state index in [4.69, 9.17) is 16.4 Å². The Hall–Kier alpha value is -3.99. The van der Waals surface area contributed by atoms with Crippen LogP contribution in [-0.2, 0) is 0 Å². The van der Waals surface area contributed by atoms with E-state index in [0.717, 1.165) is 16.9 Å². The van der Waals surface area contributed by atoms with Gasteiger partial charge >= 0.3 is 0 Å². The highest BCUT2D eigenvalue weighted by atomic mass is 15.4. The lowest BCUT2D eigenvalue weighted by atomic mass is 10.1. The lowest BCUT2D eigenvalue weighted by molar-refractivity contribution is 0.808. The van der Waals surface area contributed by atoms with Gasteiger partial charge in [-0.05, 0) is 24.3 Å². The SMILES string of the molecule is N#C/C(=N\Nc1ccc(-n2nncc2-c2ccccc2)cc1)C(=N)N. The Morgan fingerprint density at radius 3 is 2.52 bits per heavy atom. The quantitative estimate of drug-likeness (QED) is 0.375. The second kappa shape index (κ2) is 7.06. The van der Waals surface area contributed by atoms with Crippen LogP contribution in [0.1, 0.15) is 0 Å². The van der Waals surface area contributed by atoms with Gasteiger partial charge in [-0.25, -0.2) is 4.68 Å². The lowest BCUT2D eigenvalue weighted by Crippen LogP contribution is -2.21. The fourth-order valence-electron chi connectivity index (χ4n) is 2.17. The third-order valence-electron chi connectivity index (χ3n) is 3.39. The molecule has 25 heavy (non-hydrogen) atoms. The van der Waals surface area contributed by atoms with Crippen molar-refractivity contribution in [1.29, 1.82) is 10.7 Å². The Kier molecular flexibility index (Phi) is 4.49. The van der Waals surface area contributed by atoms with Gasteiger partial charge in [0.1, 0.15) is 6.07 Å². The van der Waals surface area contributed by atoms with E-state index in [1.54, 1.807) is 29.1 Å². The van der Waals surface area contributed by atoms with Crippen molar-refractivity contribution >= 4 is 17.2 Å². The number of anilines is 1. The van der Waals surface area contributed by atoms with E-state index < -0.39 is 0 Å². The van der Waals surface area contributed by atoms with Gasteiger partial charge in [0, 0.05) is 5.56 Å². The molecule has 122 valence electrons. The molecule has 0 saturated carbocycles. The maximum Gasteiger partial charge on any atom is 0.201 e. The van der Waals surface area contributed by atoms with E-state index in [9.17, 15) is 0 Å². The van der Waals surface area contributed by atoms with Crippen LogP contribution in [0.25, 0.3) is 16.9 Å². The first kappa shape index (κ1) is 15.9. The monoisotopic (exact) mass is 330 g/mol. The standard InChI is InChI=1S/C17H14N8/c18-10-15(17(19)20)23-22-13-6-8-14(9-7-13)25-16(11-21-24-25)12-4-2-1-3-5-12/h1-9,11,22H,(H3,19,20)/b23-15+. The molecule has 3 rings (SSSR count). The largest absolute Gasteiger partial charge is 0.382 e. The second-order valence-electron chi connectivity index (χ2n) is 5.04. The number of aromatic nitrogens is 3. The molecule has 0 aliphatic heterocycles. The average molecular weight is 330 g/mol. The number of nitrogens with one attached hydrogen (secondary N) is 2. The van der Waals surface area contributed by atoms with Gasteiger partial charge in [-0.15, -0.1) is 5.10 Å². The van der Waals surface area contributed by atoms with Gasteiger partial charge in [-0.1, -0.05) is 35.5 Å². The molecular weight excluding hydrogens is 316 g/mol. The minimum absolute atomic E-state index is 0.174. The van der Waals surface area contributed by atoms with Gasteiger partial charge in [0.25, 0.3) is 0 Å². The van der Waals surface area contributed by atoms with Crippen molar-refractivity contribution in [2.24, 2.45) is 10.8 Å². The minimum Gasteiger partial charge on any atom is -0.382 e. The molecule has 0 amide bonds. The predicted molar refractivity (Wildman–Crippen MR) is 95.4 cm³/mol. The first-order chi connectivity index (χ1) is 12.2. The van der Waals surface area contributed by atoms with Crippen molar-refractivity contribution in [3.8, 4) is 23.0 Å². The topological polar surface area (TPSA) is 129 Å². The van der Waals surface area contributed by atoms with Crippen molar-refractivity contribution in [1.82, 2.24) is 15.0 Å². The summed E-state index contributed by atoms with van der Waals surface area (Å²) in [6, 6.07) is 18.9. The molecule has 8 nitrogen and oxygen atoms in total. The molecule has 0 spiro atoms. The van der Waals surface area contributed by atoms with E-state index in [-0.39, 0.29) is 11.5 Å². The van der Waals surface area contributed by atoms with E-state index in [0.29, 0.717) is 5.69 Å². The van der Waals surface area contributed by atoms with Gasteiger partial charge in [0.15, 0.2) is 5.84 Å². The predicted octanol–water partition coefficient (Wildman–Crippen LogP) is 2.16. The van der Waals surface area contributed by atoms with Crippen LogP contribution in [0.2, 0.25) is 0 Å². The molecule has 0 aliphatic carbocycles.